The van der Waals surface area contributed by atoms with E-state index >= 15 is 0 Å². The van der Waals surface area contributed by atoms with Crippen LogP contribution >= 0.6 is 15.9 Å². The zero-order valence-corrected chi connectivity index (χ0v) is 21.1. The normalized spacial score (nSPS) is 15.0. The van der Waals surface area contributed by atoms with Gasteiger partial charge in [-0.1, -0.05) is 52.3 Å². The van der Waals surface area contributed by atoms with Gasteiger partial charge in [-0.05, 0) is 66.9 Å². The Kier molecular flexibility index (Phi) is 6.18. The van der Waals surface area contributed by atoms with E-state index in [2.05, 4.69) is 39.6 Å². The lowest BCUT2D eigenvalue weighted by molar-refractivity contribution is 0.441. The number of rotatable bonds is 5. The van der Waals surface area contributed by atoms with Crippen molar-refractivity contribution in [1.29, 1.82) is 0 Å². The second kappa shape index (κ2) is 9.13. The summed E-state index contributed by atoms with van der Waals surface area (Å²) in [6.45, 7) is 3.51. The molecule has 174 valence electrons. The van der Waals surface area contributed by atoms with Gasteiger partial charge in [-0.3, -0.25) is 0 Å². The number of sulfonamides is 1. The van der Waals surface area contributed by atoms with Gasteiger partial charge in [0.05, 0.1) is 4.90 Å². The van der Waals surface area contributed by atoms with Crippen LogP contribution in [0.5, 0.6) is 0 Å². The summed E-state index contributed by atoms with van der Waals surface area (Å²) in [7, 11) is -3.54. The second-order valence-electron chi connectivity index (χ2n) is 8.49. The van der Waals surface area contributed by atoms with Crippen molar-refractivity contribution in [3.05, 3.63) is 106 Å². The lowest BCUT2D eigenvalue weighted by Gasteiger charge is -2.26. The second-order valence-corrected chi connectivity index (χ2v) is 11.3. The molecular formula is C27H24BrFN2O2S. The topological polar surface area (TPSA) is 42.3 Å². The van der Waals surface area contributed by atoms with E-state index < -0.39 is 10.0 Å². The third-order valence-corrected chi connectivity index (χ3v) is 8.84. The molecule has 0 unspecified atom stereocenters. The third-order valence-electron chi connectivity index (χ3n) is 6.43. The molecule has 0 saturated carbocycles. The van der Waals surface area contributed by atoms with E-state index in [0.29, 0.717) is 31.0 Å². The van der Waals surface area contributed by atoms with Gasteiger partial charge >= 0.3 is 0 Å². The summed E-state index contributed by atoms with van der Waals surface area (Å²) in [5.41, 5.74) is 5.60. The quantitative estimate of drug-likeness (QED) is 0.296. The minimum absolute atomic E-state index is 0.242. The highest BCUT2D eigenvalue weighted by Gasteiger charge is 2.28. The molecule has 5 rings (SSSR count). The average Bonchev–Trinajstić information content (AvgIpc) is 3.12. The van der Waals surface area contributed by atoms with Crippen LogP contribution < -0.4 is 0 Å². The summed E-state index contributed by atoms with van der Waals surface area (Å²) in [6, 6.07) is 21.6. The summed E-state index contributed by atoms with van der Waals surface area (Å²) in [5, 5.41) is 1.15. The largest absolute Gasteiger partial charge is 0.340 e. The molecule has 0 amide bonds. The Bertz CT molecular complexity index is 1490. The summed E-state index contributed by atoms with van der Waals surface area (Å²) in [5.74, 6) is -0.242. The van der Waals surface area contributed by atoms with Crippen molar-refractivity contribution in [1.82, 2.24) is 8.87 Å². The van der Waals surface area contributed by atoms with Crippen LogP contribution in [0.1, 0.15) is 23.2 Å². The molecule has 0 N–H and O–H groups in total. The van der Waals surface area contributed by atoms with E-state index in [1.807, 2.05) is 30.3 Å². The Morgan fingerprint density at radius 2 is 1.68 bits per heavy atom. The Hall–Kier alpha value is -2.74. The van der Waals surface area contributed by atoms with Crippen molar-refractivity contribution >= 4 is 42.4 Å². The molecule has 0 fully saturated rings. The molecular weight excluding hydrogens is 515 g/mol. The maximum atomic E-state index is 13.4. The highest BCUT2D eigenvalue weighted by molar-refractivity contribution is 9.10. The van der Waals surface area contributed by atoms with Crippen LogP contribution in [0.25, 0.3) is 16.5 Å². The first-order valence-corrected chi connectivity index (χ1v) is 13.4. The van der Waals surface area contributed by atoms with E-state index in [0.717, 1.165) is 32.2 Å². The molecule has 34 heavy (non-hydrogen) atoms. The van der Waals surface area contributed by atoms with Crippen LogP contribution in [0.3, 0.4) is 0 Å². The lowest BCUT2D eigenvalue weighted by atomic mass is 9.97. The van der Waals surface area contributed by atoms with Crippen molar-refractivity contribution in [2.75, 3.05) is 13.1 Å². The lowest BCUT2D eigenvalue weighted by Crippen LogP contribution is -2.34. The van der Waals surface area contributed by atoms with E-state index in [1.54, 1.807) is 24.3 Å². The van der Waals surface area contributed by atoms with Crippen molar-refractivity contribution < 1.29 is 12.8 Å². The van der Waals surface area contributed by atoms with Crippen LogP contribution in [0.2, 0.25) is 0 Å². The molecule has 2 heterocycles. The first-order chi connectivity index (χ1) is 16.3. The van der Waals surface area contributed by atoms with Gasteiger partial charge in [0, 0.05) is 46.3 Å². The molecule has 0 radical (unpaired) electrons. The molecule has 0 aliphatic carbocycles. The van der Waals surface area contributed by atoms with Crippen molar-refractivity contribution in [3.8, 4) is 0 Å². The van der Waals surface area contributed by atoms with E-state index in [1.165, 1.54) is 22.0 Å². The number of hydrogen-bond acceptors (Lipinski definition) is 2. The van der Waals surface area contributed by atoms with E-state index in [9.17, 15) is 12.8 Å². The number of halogens is 2. The van der Waals surface area contributed by atoms with Crippen LogP contribution in [0.15, 0.2) is 88.2 Å². The summed E-state index contributed by atoms with van der Waals surface area (Å²) >= 11 is 3.36. The smallest absolute Gasteiger partial charge is 0.243 e. The number of hydrogen-bond donors (Lipinski definition) is 0. The molecule has 0 spiro atoms. The van der Waals surface area contributed by atoms with Gasteiger partial charge in [0.1, 0.15) is 5.82 Å². The Morgan fingerprint density at radius 1 is 0.971 bits per heavy atom. The fourth-order valence-corrected chi connectivity index (χ4v) is 6.31. The fourth-order valence-electron chi connectivity index (χ4n) is 4.66. The standard InChI is InChI=1S/C27H24BrFN2O2S/c1-19-27(21-14-16-30(17-15-21)34(32,33)24-12-8-22(28)9-13-24)25-4-2-3-5-26(25)31(19)18-20-6-10-23(29)11-7-20/h2-14H,15-18H2,1H3. The van der Waals surface area contributed by atoms with Gasteiger partial charge < -0.3 is 4.57 Å². The number of aromatic nitrogens is 1. The monoisotopic (exact) mass is 538 g/mol. The van der Waals surface area contributed by atoms with Crippen LogP contribution in [0, 0.1) is 12.7 Å². The fraction of sp³-hybridized carbons (Fsp3) is 0.185. The number of benzene rings is 3. The van der Waals surface area contributed by atoms with Crippen LogP contribution in [-0.2, 0) is 16.6 Å². The minimum atomic E-state index is -3.54. The Morgan fingerprint density at radius 3 is 2.35 bits per heavy atom. The highest BCUT2D eigenvalue weighted by Crippen LogP contribution is 2.35. The maximum Gasteiger partial charge on any atom is 0.243 e. The van der Waals surface area contributed by atoms with Gasteiger partial charge in [0.15, 0.2) is 0 Å². The minimum Gasteiger partial charge on any atom is -0.340 e. The summed E-state index contributed by atoms with van der Waals surface area (Å²) < 4.78 is 44.2. The number of nitrogens with zero attached hydrogens (tertiary/aromatic N) is 2. The first kappa shape index (κ1) is 23.0. The molecule has 7 heteroatoms. The van der Waals surface area contributed by atoms with E-state index in [-0.39, 0.29) is 5.82 Å². The number of para-hydroxylation sites is 1. The van der Waals surface area contributed by atoms with Gasteiger partial charge in [0.25, 0.3) is 0 Å². The van der Waals surface area contributed by atoms with Gasteiger partial charge in [-0.15, -0.1) is 0 Å². The predicted octanol–water partition coefficient (Wildman–Crippen LogP) is 6.38. The van der Waals surface area contributed by atoms with Crippen LogP contribution in [-0.4, -0.2) is 30.4 Å². The molecule has 4 nitrogen and oxygen atoms in total. The number of fused-ring (bicyclic) bond motifs is 1. The molecule has 0 bridgehead atoms. The zero-order valence-electron chi connectivity index (χ0n) is 18.7. The molecule has 4 aromatic rings. The zero-order chi connectivity index (χ0) is 23.9. The average molecular weight is 539 g/mol. The molecule has 1 aliphatic rings. The molecule has 1 aromatic heterocycles. The SMILES string of the molecule is Cc1c(C2=CCN(S(=O)(=O)c3ccc(Br)cc3)CC2)c2ccccc2n1Cc1ccc(F)cc1. The van der Waals surface area contributed by atoms with Crippen LogP contribution in [0.4, 0.5) is 4.39 Å². The molecule has 1 aliphatic heterocycles. The molecule has 0 atom stereocenters. The first-order valence-electron chi connectivity index (χ1n) is 11.1. The van der Waals surface area contributed by atoms with E-state index in [4.69, 9.17) is 0 Å². The van der Waals surface area contributed by atoms with Gasteiger partial charge in [-0.25, -0.2) is 12.8 Å². The Labute approximate surface area is 207 Å². The van der Waals surface area contributed by atoms with Crippen molar-refractivity contribution in [2.45, 2.75) is 24.8 Å². The summed E-state index contributed by atoms with van der Waals surface area (Å²) in [4.78, 5) is 0.305. The third kappa shape index (κ3) is 4.24. The maximum absolute atomic E-state index is 13.4. The molecule has 0 saturated heterocycles. The van der Waals surface area contributed by atoms with Crippen molar-refractivity contribution in [3.63, 3.8) is 0 Å². The Balaban J connectivity index is 1.48. The summed E-state index contributed by atoms with van der Waals surface area (Å²) in [6.07, 6.45) is 2.68. The highest BCUT2D eigenvalue weighted by atomic mass is 79.9. The van der Waals surface area contributed by atoms with Crippen molar-refractivity contribution in [2.24, 2.45) is 0 Å². The van der Waals surface area contributed by atoms with Gasteiger partial charge in [0.2, 0.25) is 10.0 Å². The van der Waals surface area contributed by atoms with Gasteiger partial charge in [-0.2, -0.15) is 4.31 Å². The molecule has 3 aromatic carbocycles. The predicted molar refractivity (Wildman–Crippen MR) is 138 cm³/mol.